The van der Waals surface area contributed by atoms with Crippen LogP contribution in [0.3, 0.4) is 0 Å². The van der Waals surface area contributed by atoms with Gasteiger partial charge in [0.15, 0.2) is 0 Å². The zero-order valence-electron chi connectivity index (χ0n) is 12.0. The molecule has 0 aliphatic carbocycles. The molecular weight excluding hydrogens is 272 g/mol. The molecule has 1 aromatic carbocycles. The Morgan fingerprint density at radius 1 is 1.38 bits per heavy atom. The Morgan fingerprint density at radius 2 is 2.10 bits per heavy atom. The number of aromatic carboxylic acids is 1. The number of hydrogen-bond donors (Lipinski definition) is 1. The van der Waals surface area contributed by atoms with Crippen LogP contribution in [0, 0.1) is 6.92 Å². The lowest BCUT2D eigenvalue weighted by Gasteiger charge is -2.12. The zero-order valence-corrected chi connectivity index (χ0v) is 12.0. The van der Waals surface area contributed by atoms with E-state index in [4.69, 9.17) is 9.84 Å². The molecule has 0 bridgehead atoms. The third-order valence-corrected chi connectivity index (χ3v) is 3.02. The molecule has 21 heavy (non-hydrogen) atoms. The summed E-state index contributed by atoms with van der Waals surface area (Å²) < 4.78 is 7.05. The van der Waals surface area contributed by atoms with E-state index in [9.17, 15) is 9.59 Å². The summed E-state index contributed by atoms with van der Waals surface area (Å²) >= 11 is 0. The van der Waals surface area contributed by atoms with Gasteiger partial charge in [0.1, 0.15) is 5.75 Å². The minimum Gasteiger partial charge on any atom is -0.478 e. The fraction of sp³-hybridized carbons (Fsp3) is 0.267. The summed E-state index contributed by atoms with van der Waals surface area (Å²) in [6, 6.07) is 4.43. The molecule has 0 aliphatic heterocycles. The van der Waals surface area contributed by atoms with Crippen molar-refractivity contribution in [2.24, 2.45) is 0 Å². The number of ether oxygens (including phenoxy) is 1. The third kappa shape index (κ3) is 3.10. The van der Waals surface area contributed by atoms with Crippen molar-refractivity contribution in [3.8, 4) is 11.6 Å². The van der Waals surface area contributed by atoms with E-state index in [-0.39, 0.29) is 23.0 Å². The lowest BCUT2D eigenvalue weighted by atomic mass is 10.1. The van der Waals surface area contributed by atoms with Crippen LogP contribution in [0.1, 0.15) is 35.8 Å². The molecule has 0 saturated carbocycles. The van der Waals surface area contributed by atoms with Crippen LogP contribution >= 0.6 is 0 Å². The van der Waals surface area contributed by atoms with Crippen molar-refractivity contribution in [3.63, 3.8) is 0 Å². The topological polar surface area (TPSA) is 81.4 Å². The van der Waals surface area contributed by atoms with Gasteiger partial charge in [0.05, 0.1) is 5.56 Å². The van der Waals surface area contributed by atoms with Crippen LogP contribution in [0.4, 0.5) is 0 Å². The van der Waals surface area contributed by atoms with Crippen LogP contribution in [-0.4, -0.2) is 20.6 Å². The molecule has 1 N–H and O–H groups in total. The first-order valence-electron chi connectivity index (χ1n) is 6.49. The quantitative estimate of drug-likeness (QED) is 0.935. The number of aromatic nitrogens is 2. The summed E-state index contributed by atoms with van der Waals surface area (Å²) in [4.78, 5) is 27.0. The van der Waals surface area contributed by atoms with Crippen LogP contribution in [0.2, 0.25) is 0 Å². The Hall–Kier alpha value is -2.63. The highest BCUT2D eigenvalue weighted by Gasteiger charge is 2.12. The maximum Gasteiger partial charge on any atom is 0.335 e. The largest absolute Gasteiger partial charge is 0.478 e. The Morgan fingerprint density at radius 3 is 2.67 bits per heavy atom. The van der Waals surface area contributed by atoms with Crippen LogP contribution < -0.4 is 10.3 Å². The van der Waals surface area contributed by atoms with Crippen molar-refractivity contribution >= 4 is 5.97 Å². The Bertz CT molecular complexity index is 735. The molecule has 0 fully saturated rings. The van der Waals surface area contributed by atoms with Gasteiger partial charge in [-0.25, -0.2) is 9.78 Å². The van der Waals surface area contributed by atoms with Gasteiger partial charge < -0.3 is 14.4 Å². The van der Waals surface area contributed by atoms with E-state index in [1.165, 1.54) is 29.0 Å². The molecule has 0 unspecified atom stereocenters. The van der Waals surface area contributed by atoms with Gasteiger partial charge in [0, 0.05) is 18.4 Å². The van der Waals surface area contributed by atoms with E-state index in [2.05, 4.69) is 4.98 Å². The van der Waals surface area contributed by atoms with Gasteiger partial charge in [0.25, 0.3) is 5.88 Å². The molecule has 2 rings (SSSR count). The minimum atomic E-state index is -1.01. The van der Waals surface area contributed by atoms with Crippen molar-refractivity contribution < 1.29 is 14.6 Å². The van der Waals surface area contributed by atoms with Gasteiger partial charge >= 0.3 is 11.5 Å². The number of carboxylic acid groups (broad SMARTS) is 1. The van der Waals surface area contributed by atoms with Crippen molar-refractivity contribution in [2.45, 2.75) is 26.8 Å². The van der Waals surface area contributed by atoms with Gasteiger partial charge in [-0.2, -0.15) is 0 Å². The second-order valence-corrected chi connectivity index (χ2v) is 4.93. The Kier molecular flexibility index (Phi) is 4.07. The van der Waals surface area contributed by atoms with E-state index < -0.39 is 5.97 Å². The molecular formula is C15H16N2O4. The van der Waals surface area contributed by atoms with E-state index in [1.54, 1.807) is 13.1 Å². The maximum atomic E-state index is 12.2. The van der Waals surface area contributed by atoms with Crippen LogP contribution in [0.15, 0.2) is 35.4 Å². The first-order chi connectivity index (χ1) is 9.90. The predicted octanol–water partition coefficient (Wildman–Crippen LogP) is 2.62. The average molecular weight is 288 g/mol. The number of aryl methyl sites for hydroxylation is 1. The molecule has 6 heteroatoms. The van der Waals surface area contributed by atoms with Gasteiger partial charge in [0.2, 0.25) is 0 Å². The highest BCUT2D eigenvalue weighted by atomic mass is 16.5. The van der Waals surface area contributed by atoms with Crippen molar-refractivity contribution in [1.29, 1.82) is 0 Å². The van der Waals surface area contributed by atoms with Crippen molar-refractivity contribution in [3.05, 3.63) is 52.1 Å². The first-order valence-corrected chi connectivity index (χ1v) is 6.49. The van der Waals surface area contributed by atoms with Gasteiger partial charge in [-0.05, 0) is 44.5 Å². The van der Waals surface area contributed by atoms with Crippen LogP contribution in [0.25, 0.3) is 0 Å². The van der Waals surface area contributed by atoms with E-state index in [0.29, 0.717) is 11.3 Å². The van der Waals surface area contributed by atoms with Crippen LogP contribution in [-0.2, 0) is 0 Å². The van der Waals surface area contributed by atoms with Crippen LogP contribution in [0.5, 0.6) is 11.6 Å². The molecule has 0 radical (unpaired) electrons. The molecule has 0 aliphatic rings. The van der Waals surface area contributed by atoms with Crippen molar-refractivity contribution in [1.82, 2.24) is 9.55 Å². The first kappa shape index (κ1) is 14.8. The zero-order chi connectivity index (χ0) is 15.6. The monoisotopic (exact) mass is 288 g/mol. The van der Waals surface area contributed by atoms with Gasteiger partial charge in [-0.1, -0.05) is 0 Å². The molecule has 0 spiro atoms. The van der Waals surface area contributed by atoms with E-state index in [1.807, 2.05) is 13.8 Å². The highest BCUT2D eigenvalue weighted by molar-refractivity contribution is 5.88. The number of carbonyl (C=O) groups is 1. The molecule has 0 amide bonds. The minimum absolute atomic E-state index is 0.00154. The van der Waals surface area contributed by atoms with E-state index in [0.717, 1.165) is 0 Å². The number of hydrogen-bond acceptors (Lipinski definition) is 4. The maximum absolute atomic E-state index is 12.2. The fourth-order valence-electron chi connectivity index (χ4n) is 1.88. The second-order valence-electron chi connectivity index (χ2n) is 4.93. The standard InChI is InChI=1S/C15H16N2O4/c1-9(2)17-7-6-16-13(14(17)18)21-12-5-4-11(15(19)20)8-10(12)3/h4-9H,1-3H3,(H,19,20). The predicted molar refractivity (Wildman–Crippen MR) is 77.1 cm³/mol. The summed E-state index contributed by atoms with van der Waals surface area (Å²) in [7, 11) is 0. The molecule has 6 nitrogen and oxygen atoms in total. The number of benzene rings is 1. The summed E-state index contributed by atoms with van der Waals surface area (Å²) in [6.45, 7) is 5.49. The van der Waals surface area contributed by atoms with Crippen molar-refractivity contribution in [2.75, 3.05) is 0 Å². The molecule has 1 heterocycles. The van der Waals surface area contributed by atoms with Gasteiger partial charge in [-0.3, -0.25) is 4.79 Å². The second kappa shape index (κ2) is 5.78. The SMILES string of the molecule is Cc1cc(C(=O)O)ccc1Oc1nccn(C(C)C)c1=O. The lowest BCUT2D eigenvalue weighted by Crippen LogP contribution is -2.23. The summed E-state index contributed by atoms with van der Waals surface area (Å²) in [6.07, 6.45) is 3.10. The van der Waals surface area contributed by atoms with Gasteiger partial charge in [-0.15, -0.1) is 0 Å². The fourth-order valence-corrected chi connectivity index (χ4v) is 1.88. The summed E-state index contributed by atoms with van der Waals surface area (Å²) in [5.41, 5.74) is 0.464. The normalized spacial score (nSPS) is 10.7. The average Bonchev–Trinajstić information content (AvgIpc) is 2.42. The molecule has 2 aromatic rings. The summed E-state index contributed by atoms with van der Waals surface area (Å²) in [5, 5.41) is 8.92. The summed E-state index contributed by atoms with van der Waals surface area (Å²) in [5.74, 6) is -0.631. The third-order valence-electron chi connectivity index (χ3n) is 3.02. The number of rotatable bonds is 4. The smallest absolute Gasteiger partial charge is 0.335 e. The lowest BCUT2D eigenvalue weighted by molar-refractivity contribution is 0.0697. The molecule has 110 valence electrons. The molecule has 1 aromatic heterocycles. The highest BCUT2D eigenvalue weighted by Crippen LogP contribution is 2.23. The Labute approximate surface area is 121 Å². The molecule has 0 saturated heterocycles. The van der Waals surface area contributed by atoms with E-state index >= 15 is 0 Å². The number of carboxylic acids is 1. The Balaban J connectivity index is 2.37. The number of nitrogens with zero attached hydrogens (tertiary/aromatic N) is 2. The molecule has 0 atom stereocenters.